The number of hydrogen-bond acceptors (Lipinski definition) is 5. The molecule has 3 aromatic rings. The smallest absolute Gasteiger partial charge is 0.216 e. The molecular weight excluding hydrogens is 378 g/mol. The molecule has 0 unspecified atom stereocenters. The topological polar surface area (TPSA) is 82.4 Å². The van der Waals surface area contributed by atoms with Crippen LogP contribution in [-0.2, 0) is 22.8 Å². The fraction of sp³-hybridized carbons (Fsp3) is 0.250. The van der Waals surface area contributed by atoms with E-state index in [1.54, 1.807) is 61.5 Å². The molecule has 1 N–H and O–H groups in total. The average Bonchev–Trinajstić information content (AvgIpc) is 3.11. The van der Waals surface area contributed by atoms with Crippen LogP contribution < -0.4 is 14.2 Å². The Labute approximate surface area is 165 Å². The van der Waals surface area contributed by atoms with Crippen LogP contribution in [0.2, 0.25) is 0 Å². The molecule has 0 aliphatic rings. The predicted molar refractivity (Wildman–Crippen MR) is 107 cm³/mol. The van der Waals surface area contributed by atoms with Crippen molar-refractivity contribution >= 4 is 10.0 Å². The summed E-state index contributed by atoms with van der Waals surface area (Å²) in [5.41, 5.74) is 1.37. The van der Waals surface area contributed by atoms with Crippen LogP contribution in [0, 0.1) is 0 Å². The van der Waals surface area contributed by atoms with Crippen LogP contribution in [0.4, 0.5) is 0 Å². The number of ether oxygens (including phenoxy) is 2. The quantitative estimate of drug-likeness (QED) is 0.627. The van der Waals surface area contributed by atoms with Gasteiger partial charge < -0.3 is 14.0 Å². The standard InChI is InChI=1S/C20H23N3O4S/c1-23-10-9-21-20(23)19(16-11-17(26-2)13-18(12-16)27-3)22-28(24,25)14-15-7-5-4-6-8-15/h4-13,19,22H,14H2,1-3H3/t19-/m1/s1. The van der Waals surface area contributed by atoms with Crippen molar-refractivity contribution in [3.63, 3.8) is 0 Å². The lowest BCUT2D eigenvalue weighted by atomic mass is 10.1. The summed E-state index contributed by atoms with van der Waals surface area (Å²) in [6.07, 6.45) is 3.40. The molecular formula is C20H23N3O4S. The Balaban J connectivity index is 2.00. The zero-order valence-corrected chi connectivity index (χ0v) is 16.8. The zero-order valence-electron chi connectivity index (χ0n) is 16.0. The van der Waals surface area contributed by atoms with Gasteiger partial charge in [0.15, 0.2) is 0 Å². The molecule has 0 radical (unpaired) electrons. The highest BCUT2D eigenvalue weighted by Crippen LogP contribution is 2.30. The van der Waals surface area contributed by atoms with Crippen LogP contribution in [-0.4, -0.2) is 32.2 Å². The van der Waals surface area contributed by atoms with Crippen molar-refractivity contribution in [3.8, 4) is 11.5 Å². The Morgan fingerprint density at radius 1 is 1.07 bits per heavy atom. The van der Waals surface area contributed by atoms with Gasteiger partial charge in [0.25, 0.3) is 0 Å². The largest absolute Gasteiger partial charge is 0.497 e. The van der Waals surface area contributed by atoms with E-state index < -0.39 is 16.1 Å². The third kappa shape index (κ3) is 4.71. The zero-order chi connectivity index (χ0) is 20.1. The summed E-state index contributed by atoms with van der Waals surface area (Å²) >= 11 is 0. The van der Waals surface area contributed by atoms with E-state index in [-0.39, 0.29) is 5.75 Å². The van der Waals surface area contributed by atoms with Crippen molar-refractivity contribution in [2.45, 2.75) is 11.8 Å². The van der Waals surface area contributed by atoms with E-state index in [1.165, 1.54) is 0 Å². The number of nitrogens with zero attached hydrogens (tertiary/aromatic N) is 2. The van der Waals surface area contributed by atoms with Crippen molar-refractivity contribution < 1.29 is 17.9 Å². The molecule has 8 heteroatoms. The lowest BCUT2D eigenvalue weighted by molar-refractivity contribution is 0.392. The highest BCUT2D eigenvalue weighted by Gasteiger charge is 2.25. The van der Waals surface area contributed by atoms with Gasteiger partial charge in [-0.3, -0.25) is 0 Å². The maximum absolute atomic E-state index is 12.9. The molecule has 148 valence electrons. The van der Waals surface area contributed by atoms with Gasteiger partial charge in [-0.25, -0.2) is 13.4 Å². The molecule has 0 aliphatic carbocycles. The molecule has 1 aromatic heterocycles. The van der Waals surface area contributed by atoms with E-state index >= 15 is 0 Å². The summed E-state index contributed by atoms with van der Waals surface area (Å²) in [5.74, 6) is 1.56. The molecule has 0 spiro atoms. The van der Waals surface area contributed by atoms with Crippen LogP contribution in [0.3, 0.4) is 0 Å². The fourth-order valence-corrected chi connectivity index (χ4v) is 4.25. The second-order valence-electron chi connectivity index (χ2n) is 6.34. The van der Waals surface area contributed by atoms with E-state index in [0.717, 1.165) is 0 Å². The maximum atomic E-state index is 12.9. The molecule has 1 atom stereocenters. The molecule has 0 amide bonds. The van der Waals surface area contributed by atoms with E-state index in [0.29, 0.717) is 28.5 Å². The van der Waals surface area contributed by atoms with Gasteiger partial charge in [0, 0.05) is 25.5 Å². The molecule has 1 heterocycles. The third-order valence-electron chi connectivity index (χ3n) is 4.32. The Kier molecular flexibility index (Phi) is 6.01. The first-order valence-electron chi connectivity index (χ1n) is 8.66. The first-order chi connectivity index (χ1) is 13.4. The van der Waals surface area contributed by atoms with Gasteiger partial charge in [0.1, 0.15) is 23.4 Å². The minimum atomic E-state index is -3.65. The van der Waals surface area contributed by atoms with Crippen LogP contribution >= 0.6 is 0 Å². The minimum Gasteiger partial charge on any atom is -0.497 e. The molecule has 7 nitrogen and oxygen atoms in total. The Morgan fingerprint density at radius 3 is 2.25 bits per heavy atom. The molecule has 0 bridgehead atoms. The van der Waals surface area contributed by atoms with Crippen molar-refractivity contribution in [1.82, 2.24) is 14.3 Å². The summed E-state index contributed by atoms with van der Waals surface area (Å²) in [6, 6.07) is 13.6. The van der Waals surface area contributed by atoms with Crippen LogP contribution in [0.5, 0.6) is 11.5 Å². The molecule has 2 aromatic carbocycles. The molecule has 0 saturated carbocycles. The predicted octanol–water partition coefficient (Wildman–Crippen LogP) is 2.65. The van der Waals surface area contributed by atoms with Gasteiger partial charge in [-0.2, -0.15) is 4.72 Å². The molecule has 0 saturated heterocycles. The number of aryl methyl sites for hydroxylation is 1. The first kappa shape index (κ1) is 19.9. The Morgan fingerprint density at radius 2 is 1.71 bits per heavy atom. The van der Waals surface area contributed by atoms with Crippen molar-refractivity contribution in [3.05, 3.63) is 77.9 Å². The van der Waals surface area contributed by atoms with E-state index in [1.807, 2.05) is 25.2 Å². The number of sulfonamides is 1. The number of nitrogens with one attached hydrogen (secondary N) is 1. The second-order valence-corrected chi connectivity index (χ2v) is 8.09. The first-order valence-corrected chi connectivity index (χ1v) is 10.3. The van der Waals surface area contributed by atoms with Gasteiger partial charge in [-0.15, -0.1) is 0 Å². The Bertz CT molecular complexity index is 1010. The highest BCUT2D eigenvalue weighted by atomic mass is 32.2. The molecule has 28 heavy (non-hydrogen) atoms. The van der Waals surface area contributed by atoms with Gasteiger partial charge in [0.05, 0.1) is 20.0 Å². The molecule has 3 rings (SSSR count). The summed E-state index contributed by atoms with van der Waals surface area (Å²) < 4.78 is 41.0. The van der Waals surface area contributed by atoms with E-state index in [9.17, 15) is 8.42 Å². The monoisotopic (exact) mass is 401 g/mol. The average molecular weight is 401 g/mol. The van der Waals surface area contributed by atoms with E-state index in [2.05, 4.69) is 9.71 Å². The lowest BCUT2D eigenvalue weighted by Gasteiger charge is -2.20. The second kappa shape index (κ2) is 8.45. The van der Waals surface area contributed by atoms with Crippen LogP contribution in [0.1, 0.15) is 23.0 Å². The summed E-state index contributed by atoms with van der Waals surface area (Å²) in [4.78, 5) is 4.35. The molecule has 0 aliphatic heterocycles. The number of imidazole rings is 1. The van der Waals surface area contributed by atoms with Crippen molar-refractivity contribution in [1.29, 1.82) is 0 Å². The lowest BCUT2D eigenvalue weighted by Crippen LogP contribution is -2.32. The molecule has 0 fully saturated rings. The van der Waals surface area contributed by atoms with Gasteiger partial charge in [0.2, 0.25) is 10.0 Å². The van der Waals surface area contributed by atoms with Gasteiger partial charge in [-0.1, -0.05) is 30.3 Å². The van der Waals surface area contributed by atoms with E-state index in [4.69, 9.17) is 9.47 Å². The number of benzene rings is 2. The number of aromatic nitrogens is 2. The maximum Gasteiger partial charge on any atom is 0.216 e. The van der Waals surface area contributed by atoms with Crippen molar-refractivity contribution in [2.24, 2.45) is 7.05 Å². The van der Waals surface area contributed by atoms with Crippen molar-refractivity contribution in [2.75, 3.05) is 14.2 Å². The van der Waals surface area contributed by atoms with Gasteiger partial charge in [-0.05, 0) is 23.3 Å². The Hall–Kier alpha value is -2.84. The third-order valence-corrected chi connectivity index (χ3v) is 5.63. The number of rotatable bonds is 8. The van der Waals surface area contributed by atoms with Gasteiger partial charge >= 0.3 is 0 Å². The number of methoxy groups -OCH3 is 2. The normalized spacial score (nSPS) is 12.5. The minimum absolute atomic E-state index is 0.129. The SMILES string of the molecule is COc1cc(OC)cc([C@@H](NS(=O)(=O)Cc2ccccc2)c2nccn2C)c1. The fourth-order valence-electron chi connectivity index (χ4n) is 2.94. The van der Waals surface area contributed by atoms with Crippen LogP contribution in [0.25, 0.3) is 0 Å². The summed E-state index contributed by atoms with van der Waals surface area (Å²) in [7, 11) is 1.27. The highest BCUT2D eigenvalue weighted by molar-refractivity contribution is 7.88. The summed E-state index contributed by atoms with van der Waals surface area (Å²) in [6.45, 7) is 0. The number of hydrogen-bond donors (Lipinski definition) is 1. The van der Waals surface area contributed by atoms with Crippen LogP contribution in [0.15, 0.2) is 60.9 Å². The summed E-state index contributed by atoms with van der Waals surface area (Å²) in [5, 5.41) is 0.